The third-order valence-corrected chi connectivity index (χ3v) is 5.40. The Morgan fingerprint density at radius 2 is 2.19 bits per heavy atom. The van der Waals surface area contributed by atoms with E-state index in [1.165, 1.54) is 4.31 Å². The van der Waals surface area contributed by atoms with Crippen LogP contribution < -0.4 is 5.32 Å². The molecule has 1 rings (SSSR count). The molecule has 4 nitrogen and oxygen atoms in total. The van der Waals surface area contributed by atoms with Gasteiger partial charge < -0.3 is 5.32 Å². The minimum Gasteiger partial charge on any atom is -0.313 e. The molecule has 0 aromatic carbocycles. The first kappa shape index (κ1) is 13.9. The Kier molecular flexibility index (Phi) is 5.21. The van der Waals surface area contributed by atoms with Crippen LogP contribution in [0.25, 0.3) is 0 Å². The second kappa shape index (κ2) is 5.98. The third-order valence-electron chi connectivity index (χ3n) is 3.34. The fourth-order valence-electron chi connectivity index (χ4n) is 2.14. The summed E-state index contributed by atoms with van der Waals surface area (Å²) < 4.78 is 25.7. The van der Waals surface area contributed by atoms with Crippen LogP contribution in [0.2, 0.25) is 0 Å². The number of sulfonamides is 1. The average molecular weight is 248 g/mol. The highest BCUT2D eigenvalue weighted by Gasteiger charge is 2.27. The van der Waals surface area contributed by atoms with Crippen molar-refractivity contribution in [3.63, 3.8) is 0 Å². The van der Waals surface area contributed by atoms with Gasteiger partial charge >= 0.3 is 0 Å². The first-order chi connectivity index (χ1) is 7.47. The van der Waals surface area contributed by atoms with Crippen LogP contribution in [0.4, 0.5) is 0 Å². The van der Waals surface area contributed by atoms with Crippen molar-refractivity contribution in [3.8, 4) is 0 Å². The average Bonchev–Trinajstić information content (AvgIpc) is 2.68. The molecule has 2 atom stereocenters. The van der Waals surface area contributed by atoms with Crippen molar-refractivity contribution in [2.75, 3.05) is 19.3 Å². The lowest BCUT2D eigenvalue weighted by molar-refractivity contribution is 0.366. The van der Waals surface area contributed by atoms with Gasteiger partial charge in [-0.15, -0.1) is 0 Å². The van der Waals surface area contributed by atoms with E-state index in [1.54, 1.807) is 7.05 Å². The third kappa shape index (κ3) is 3.71. The van der Waals surface area contributed by atoms with Crippen molar-refractivity contribution in [1.82, 2.24) is 9.62 Å². The van der Waals surface area contributed by atoms with Crippen molar-refractivity contribution >= 4 is 10.0 Å². The van der Waals surface area contributed by atoms with Crippen LogP contribution in [-0.2, 0) is 10.0 Å². The van der Waals surface area contributed by atoms with Crippen LogP contribution >= 0.6 is 0 Å². The molecule has 0 amide bonds. The van der Waals surface area contributed by atoms with E-state index in [0.717, 1.165) is 32.2 Å². The van der Waals surface area contributed by atoms with Gasteiger partial charge in [0.1, 0.15) is 0 Å². The van der Waals surface area contributed by atoms with Crippen molar-refractivity contribution < 1.29 is 8.42 Å². The van der Waals surface area contributed by atoms with E-state index in [0.29, 0.717) is 0 Å². The Balaban J connectivity index is 2.54. The topological polar surface area (TPSA) is 49.4 Å². The normalized spacial score (nSPS) is 23.9. The van der Waals surface area contributed by atoms with Gasteiger partial charge in [-0.3, -0.25) is 0 Å². The van der Waals surface area contributed by atoms with E-state index in [4.69, 9.17) is 0 Å². The molecule has 1 saturated heterocycles. The molecule has 0 radical (unpaired) electrons. The van der Waals surface area contributed by atoms with Gasteiger partial charge in [-0.2, -0.15) is 0 Å². The van der Waals surface area contributed by atoms with E-state index in [2.05, 4.69) is 12.2 Å². The Morgan fingerprint density at radius 1 is 1.50 bits per heavy atom. The van der Waals surface area contributed by atoms with Gasteiger partial charge in [0.25, 0.3) is 0 Å². The molecule has 16 heavy (non-hydrogen) atoms. The summed E-state index contributed by atoms with van der Waals surface area (Å²) in [6.07, 6.45) is 4.01. The standard InChI is InChI=1S/C11H24N2O2S/c1-4-6-10(2)13(3)16(14,15)9-11-7-5-8-12-11/h10-12H,4-9H2,1-3H3. The SMILES string of the molecule is CCCC(C)N(C)S(=O)(=O)CC1CCCN1. The largest absolute Gasteiger partial charge is 0.313 e. The number of nitrogens with one attached hydrogen (secondary N) is 1. The van der Waals surface area contributed by atoms with Crippen LogP contribution in [-0.4, -0.2) is 44.2 Å². The van der Waals surface area contributed by atoms with E-state index >= 15 is 0 Å². The minimum absolute atomic E-state index is 0.108. The quantitative estimate of drug-likeness (QED) is 0.768. The molecule has 2 unspecified atom stereocenters. The van der Waals surface area contributed by atoms with Crippen molar-refractivity contribution in [2.24, 2.45) is 0 Å². The van der Waals surface area contributed by atoms with Gasteiger partial charge in [0, 0.05) is 19.1 Å². The zero-order chi connectivity index (χ0) is 12.2. The molecule has 0 aliphatic carbocycles. The summed E-state index contributed by atoms with van der Waals surface area (Å²) in [7, 11) is -1.40. The molecule has 0 saturated carbocycles. The van der Waals surface area contributed by atoms with Crippen LogP contribution in [0.15, 0.2) is 0 Å². The summed E-state index contributed by atoms with van der Waals surface area (Å²) in [5.41, 5.74) is 0. The highest BCUT2D eigenvalue weighted by molar-refractivity contribution is 7.89. The van der Waals surface area contributed by atoms with Gasteiger partial charge in [-0.05, 0) is 32.7 Å². The summed E-state index contributed by atoms with van der Waals surface area (Å²) in [6.45, 7) is 5.01. The summed E-state index contributed by atoms with van der Waals surface area (Å²) >= 11 is 0. The van der Waals surface area contributed by atoms with Gasteiger partial charge in [-0.25, -0.2) is 12.7 Å². The highest BCUT2D eigenvalue weighted by atomic mass is 32.2. The molecule has 0 aromatic rings. The molecule has 1 aliphatic rings. The van der Waals surface area contributed by atoms with E-state index < -0.39 is 10.0 Å². The van der Waals surface area contributed by atoms with E-state index in [1.807, 2.05) is 6.92 Å². The molecular weight excluding hydrogens is 224 g/mol. The predicted molar refractivity (Wildman–Crippen MR) is 66.9 cm³/mol. The molecule has 0 bridgehead atoms. The maximum Gasteiger partial charge on any atom is 0.215 e. The maximum atomic E-state index is 12.1. The molecule has 5 heteroatoms. The summed E-state index contributed by atoms with van der Waals surface area (Å²) in [5.74, 6) is 0.248. The molecule has 1 N–H and O–H groups in total. The highest BCUT2D eigenvalue weighted by Crippen LogP contribution is 2.14. The monoisotopic (exact) mass is 248 g/mol. The predicted octanol–water partition coefficient (Wildman–Crippen LogP) is 1.19. The first-order valence-electron chi connectivity index (χ1n) is 6.16. The molecule has 0 aromatic heterocycles. The fraction of sp³-hybridized carbons (Fsp3) is 1.00. The molecule has 1 fully saturated rings. The second-order valence-electron chi connectivity index (χ2n) is 4.73. The van der Waals surface area contributed by atoms with E-state index in [-0.39, 0.29) is 17.8 Å². The maximum absolute atomic E-state index is 12.1. The van der Waals surface area contributed by atoms with Crippen LogP contribution in [0.3, 0.4) is 0 Å². The summed E-state index contributed by atoms with van der Waals surface area (Å²) in [4.78, 5) is 0. The Morgan fingerprint density at radius 3 is 2.69 bits per heavy atom. The zero-order valence-electron chi connectivity index (χ0n) is 10.6. The van der Waals surface area contributed by atoms with Gasteiger partial charge in [0.15, 0.2) is 0 Å². The Labute approximate surface area is 99.5 Å². The number of nitrogens with zero attached hydrogens (tertiary/aromatic N) is 1. The van der Waals surface area contributed by atoms with Crippen molar-refractivity contribution in [2.45, 2.75) is 51.6 Å². The number of hydrogen-bond acceptors (Lipinski definition) is 3. The van der Waals surface area contributed by atoms with Gasteiger partial charge in [-0.1, -0.05) is 13.3 Å². The lowest BCUT2D eigenvalue weighted by atomic mass is 10.2. The zero-order valence-corrected chi connectivity index (χ0v) is 11.4. The molecular formula is C11H24N2O2S. The molecule has 96 valence electrons. The minimum atomic E-state index is -3.09. The summed E-state index contributed by atoms with van der Waals surface area (Å²) in [6, 6.07) is 0.262. The Bertz CT molecular complexity index is 297. The van der Waals surface area contributed by atoms with Crippen LogP contribution in [0.5, 0.6) is 0 Å². The van der Waals surface area contributed by atoms with E-state index in [9.17, 15) is 8.42 Å². The van der Waals surface area contributed by atoms with Crippen LogP contribution in [0, 0.1) is 0 Å². The summed E-state index contributed by atoms with van der Waals surface area (Å²) in [5, 5.41) is 3.23. The first-order valence-corrected chi connectivity index (χ1v) is 7.77. The number of hydrogen-bond donors (Lipinski definition) is 1. The van der Waals surface area contributed by atoms with Crippen LogP contribution in [0.1, 0.15) is 39.5 Å². The second-order valence-corrected chi connectivity index (χ2v) is 6.80. The van der Waals surface area contributed by atoms with Crippen molar-refractivity contribution in [3.05, 3.63) is 0 Å². The smallest absolute Gasteiger partial charge is 0.215 e. The molecule has 0 spiro atoms. The van der Waals surface area contributed by atoms with Gasteiger partial charge in [0.2, 0.25) is 10.0 Å². The van der Waals surface area contributed by atoms with Gasteiger partial charge in [0.05, 0.1) is 5.75 Å². The lowest BCUT2D eigenvalue weighted by Gasteiger charge is -2.25. The fourth-order valence-corrected chi connectivity index (χ4v) is 3.83. The molecule has 1 heterocycles. The Hall–Kier alpha value is -0.130. The number of rotatable bonds is 6. The molecule has 1 aliphatic heterocycles. The lowest BCUT2D eigenvalue weighted by Crippen LogP contribution is -2.41. The van der Waals surface area contributed by atoms with Crippen molar-refractivity contribution in [1.29, 1.82) is 0 Å².